The molecule has 0 fully saturated rings. The van der Waals surface area contributed by atoms with Crippen LogP contribution in [-0.4, -0.2) is 54.9 Å². The summed E-state index contributed by atoms with van der Waals surface area (Å²) in [4.78, 5) is 0. The summed E-state index contributed by atoms with van der Waals surface area (Å²) in [5.41, 5.74) is 0. The lowest BCUT2D eigenvalue weighted by Crippen LogP contribution is -2.35. The summed E-state index contributed by atoms with van der Waals surface area (Å²) in [6.45, 7) is 4.84. The highest BCUT2D eigenvalue weighted by Gasteiger charge is 2.15. The Morgan fingerprint density at radius 3 is 2.58 bits per heavy atom. The predicted octanol–water partition coefficient (Wildman–Crippen LogP) is 0.704. The Kier molecular flexibility index (Phi) is 5.96. The van der Waals surface area contributed by atoms with Gasteiger partial charge in [0.1, 0.15) is 0 Å². The van der Waals surface area contributed by atoms with E-state index in [0.717, 1.165) is 0 Å². The molecule has 0 amide bonds. The molecule has 1 aromatic heterocycles. The van der Waals surface area contributed by atoms with Crippen LogP contribution in [0.1, 0.15) is 26.3 Å². The van der Waals surface area contributed by atoms with E-state index in [4.69, 9.17) is 0 Å². The third kappa shape index (κ3) is 4.93. The van der Waals surface area contributed by atoms with E-state index in [1.165, 1.54) is 4.31 Å². The summed E-state index contributed by atoms with van der Waals surface area (Å²) in [7, 11) is 0.0376. The van der Waals surface area contributed by atoms with Gasteiger partial charge in [-0.1, -0.05) is 0 Å². The predicted molar refractivity (Wildman–Crippen MR) is 76.5 cm³/mol. The number of sulfonamides is 1. The largest absolute Gasteiger partial charge is 0.312 e. The van der Waals surface area contributed by atoms with Gasteiger partial charge in [0.2, 0.25) is 10.0 Å². The summed E-state index contributed by atoms with van der Waals surface area (Å²) in [5.74, 6) is 0.176. The second-order valence-electron chi connectivity index (χ2n) is 4.92. The molecule has 0 saturated carbocycles. The van der Waals surface area contributed by atoms with Crippen LogP contribution in [0.15, 0.2) is 18.5 Å². The topological polar surface area (TPSA) is 67.2 Å². The van der Waals surface area contributed by atoms with E-state index >= 15 is 0 Å². The van der Waals surface area contributed by atoms with Crippen molar-refractivity contribution in [3.8, 4) is 0 Å². The van der Waals surface area contributed by atoms with E-state index in [0.29, 0.717) is 13.0 Å². The molecule has 0 aromatic carbocycles. The molecule has 7 heteroatoms. The number of rotatable bonds is 8. The number of hydrogen-bond donors (Lipinski definition) is 1. The molecule has 2 atom stereocenters. The first kappa shape index (κ1) is 16.1. The van der Waals surface area contributed by atoms with Gasteiger partial charge in [-0.3, -0.25) is 4.68 Å². The van der Waals surface area contributed by atoms with Crippen molar-refractivity contribution in [3.63, 3.8) is 0 Å². The summed E-state index contributed by atoms with van der Waals surface area (Å²) in [6, 6.07) is 2.37. The normalized spacial score (nSPS) is 15.6. The van der Waals surface area contributed by atoms with Gasteiger partial charge in [-0.2, -0.15) is 5.10 Å². The molecule has 0 bridgehead atoms. The average molecular weight is 288 g/mol. The highest BCUT2D eigenvalue weighted by Crippen LogP contribution is 2.08. The molecule has 0 aliphatic rings. The lowest BCUT2D eigenvalue weighted by molar-refractivity contribution is 0.366. The minimum Gasteiger partial charge on any atom is -0.312 e. The van der Waals surface area contributed by atoms with E-state index in [1.807, 2.05) is 16.9 Å². The van der Waals surface area contributed by atoms with Crippen LogP contribution in [0.2, 0.25) is 0 Å². The zero-order valence-electron chi connectivity index (χ0n) is 12.1. The Labute approximate surface area is 115 Å². The van der Waals surface area contributed by atoms with E-state index in [1.54, 1.807) is 20.3 Å². The Morgan fingerprint density at radius 2 is 2.05 bits per heavy atom. The van der Waals surface area contributed by atoms with Gasteiger partial charge >= 0.3 is 0 Å². The fraction of sp³-hybridized carbons (Fsp3) is 0.750. The third-order valence-corrected chi connectivity index (χ3v) is 5.18. The van der Waals surface area contributed by atoms with Crippen molar-refractivity contribution in [2.24, 2.45) is 0 Å². The molecule has 110 valence electrons. The van der Waals surface area contributed by atoms with Crippen LogP contribution in [0.4, 0.5) is 0 Å². The van der Waals surface area contributed by atoms with E-state index < -0.39 is 10.0 Å². The SMILES string of the molecule is C[C@H](NCCCS(=O)(=O)N(C)C)[C@@H](C)n1cccn1. The second-order valence-corrected chi connectivity index (χ2v) is 7.22. The smallest absolute Gasteiger partial charge is 0.213 e. The lowest BCUT2D eigenvalue weighted by atomic mass is 10.2. The standard InChI is InChI=1S/C12H24N4O2S/c1-11(12(2)16-9-5-8-14-16)13-7-6-10-19(17,18)15(3)4/h5,8-9,11-13H,6-7,10H2,1-4H3/t11-,12+/m0/s1. The fourth-order valence-electron chi connectivity index (χ4n) is 1.69. The quantitative estimate of drug-likeness (QED) is 0.715. The molecule has 1 aromatic rings. The van der Waals surface area contributed by atoms with E-state index in [9.17, 15) is 8.42 Å². The maximum atomic E-state index is 11.6. The van der Waals surface area contributed by atoms with Crippen molar-refractivity contribution in [2.45, 2.75) is 32.4 Å². The maximum absolute atomic E-state index is 11.6. The molecule has 1 N–H and O–H groups in total. The van der Waals surface area contributed by atoms with Crippen LogP contribution < -0.4 is 5.32 Å². The van der Waals surface area contributed by atoms with Crippen molar-refractivity contribution in [2.75, 3.05) is 26.4 Å². The molecule has 0 saturated heterocycles. The van der Waals surface area contributed by atoms with Crippen LogP contribution in [0.5, 0.6) is 0 Å². The number of nitrogens with one attached hydrogen (secondary N) is 1. The number of aromatic nitrogens is 2. The molecule has 6 nitrogen and oxygen atoms in total. The first-order valence-electron chi connectivity index (χ1n) is 6.47. The molecule has 0 aliphatic heterocycles. The molecular formula is C12H24N4O2S. The van der Waals surface area contributed by atoms with Crippen molar-refractivity contribution < 1.29 is 8.42 Å². The van der Waals surface area contributed by atoms with Gasteiger partial charge in [0, 0.05) is 32.5 Å². The summed E-state index contributed by atoms with van der Waals surface area (Å²) in [5, 5.41) is 7.54. The molecular weight excluding hydrogens is 264 g/mol. The van der Waals surface area contributed by atoms with Crippen LogP contribution in [0.3, 0.4) is 0 Å². The highest BCUT2D eigenvalue weighted by molar-refractivity contribution is 7.89. The fourth-order valence-corrected chi connectivity index (χ4v) is 2.56. The third-order valence-electron chi connectivity index (χ3n) is 3.27. The minimum atomic E-state index is -3.08. The lowest BCUT2D eigenvalue weighted by Gasteiger charge is -2.22. The molecule has 0 unspecified atom stereocenters. The van der Waals surface area contributed by atoms with E-state index in [2.05, 4.69) is 24.3 Å². The molecule has 1 heterocycles. The minimum absolute atomic E-state index is 0.176. The molecule has 0 aliphatic carbocycles. The number of hydrogen-bond acceptors (Lipinski definition) is 4. The summed E-state index contributed by atoms with van der Waals surface area (Å²) >= 11 is 0. The van der Waals surface area contributed by atoms with Gasteiger partial charge in [-0.05, 0) is 32.9 Å². The molecule has 1 rings (SSSR count). The van der Waals surface area contributed by atoms with Crippen LogP contribution in [0.25, 0.3) is 0 Å². The molecule has 19 heavy (non-hydrogen) atoms. The van der Waals surface area contributed by atoms with Gasteiger partial charge in [0.05, 0.1) is 11.8 Å². The Bertz CT molecular complexity index is 456. The van der Waals surface area contributed by atoms with Crippen molar-refractivity contribution in [1.29, 1.82) is 0 Å². The zero-order valence-corrected chi connectivity index (χ0v) is 12.9. The Morgan fingerprint density at radius 1 is 1.37 bits per heavy atom. The Hall–Kier alpha value is -0.920. The first-order chi connectivity index (χ1) is 8.84. The van der Waals surface area contributed by atoms with Crippen molar-refractivity contribution in [1.82, 2.24) is 19.4 Å². The Balaban J connectivity index is 2.30. The number of nitrogens with zero attached hydrogens (tertiary/aromatic N) is 3. The molecule has 0 radical (unpaired) electrons. The highest BCUT2D eigenvalue weighted by atomic mass is 32.2. The maximum Gasteiger partial charge on any atom is 0.213 e. The van der Waals surface area contributed by atoms with Crippen molar-refractivity contribution in [3.05, 3.63) is 18.5 Å². The molecule has 0 spiro atoms. The average Bonchev–Trinajstić information content (AvgIpc) is 2.86. The second kappa shape index (κ2) is 7.02. The van der Waals surface area contributed by atoms with Crippen molar-refractivity contribution >= 4 is 10.0 Å². The summed E-state index contributed by atoms with van der Waals surface area (Å²) < 4.78 is 26.3. The van der Waals surface area contributed by atoms with Gasteiger partial charge in [0.15, 0.2) is 0 Å². The van der Waals surface area contributed by atoms with Gasteiger partial charge in [-0.15, -0.1) is 0 Å². The van der Waals surface area contributed by atoms with Gasteiger partial charge in [-0.25, -0.2) is 12.7 Å². The van der Waals surface area contributed by atoms with Gasteiger partial charge in [0.25, 0.3) is 0 Å². The van der Waals surface area contributed by atoms with Crippen LogP contribution in [-0.2, 0) is 10.0 Å². The summed E-state index contributed by atoms with van der Waals surface area (Å²) in [6.07, 6.45) is 4.29. The van der Waals surface area contributed by atoms with Crippen LogP contribution >= 0.6 is 0 Å². The van der Waals surface area contributed by atoms with E-state index in [-0.39, 0.29) is 17.8 Å². The first-order valence-corrected chi connectivity index (χ1v) is 8.08. The zero-order chi connectivity index (χ0) is 14.5. The van der Waals surface area contributed by atoms with Gasteiger partial charge < -0.3 is 5.32 Å². The monoisotopic (exact) mass is 288 g/mol. The van der Waals surface area contributed by atoms with Crippen LogP contribution in [0, 0.1) is 0 Å².